The predicted octanol–water partition coefficient (Wildman–Crippen LogP) is 3.51. The van der Waals surface area contributed by atoms with Gasteiger partial charge in [0, 0.05) is 12.1 Å². The second-order valence-electron chi connectivity index (χ2n) is 5.59. The summed E-state index contributed by atoms with van der Waals surface area (Å²) >= 11 is 0. The van der Waals surface area contributed by atoms with Gasteiger partial charge in [0.15, 0.2) is 0 Å². The monoisotopic (exact) mass is 299 g/mol. The summed E-state index contributed by atoms with van der Waals surface area (Å²) in [5, 5.41) is 0. The minimum Gasteiger partial charge on any atom is -0.497 e. The maximum absolute atomic E-state index is 12.3. The summed E-state index contributed by atoms with van der Waals surface area (Å²) in [5.41, 5.74) is 6.43. The van der Waals surface area contributed by atoms with Crippen LogP contribution in [0.4, 0.5) is 0 Å². The van der Waals surface area contributed by atoms with Gasteiger partial charge in [-0.2, -0.15) is 0 Å². The number of aromatic nitrogens is 1. The SMILES string of the molecule is CCOC(=O)c1c(C)c(C)c2n1CCc1cc(OC)ccc1-2. The van der Waals surface area contributed by atoms with Gasteiger partial charge in [-0.1, -0.05) is 0 Å². The van der Waals surface area contributed by atoms with Crippen molar-refractivity contribution in [2.24, 2.45) is 0 Å². The number of rotatable bonds is 3. The highest BCUT2D eigenvalue weighted by Crippen LogP contribution is 2.38. The van der Waals surface area contributed by atoms with Crippen molar-refractivity contribution < 1.29 is 14.3 Å². The Bertz CT molecular complexity index is 743. The molecule has 22 heavy (non-hydrogen) atoms. The molecule has 4 heteroatoms. The van der Waals surface area contributed by atoms with Gasteiger partial charge in [0.05, 0.1) is 19.4 Å². The number of fused-ring (bicyclic) bond motifs is 3. The third-order valence-electron chi connectivity index (χ3n) is 4.45. The van der Waals surface area contributed by atoms with Crippen molar-refractivity contribution in [1.29, 1.82) is 0 Å². The molecule has 1 aromatic heterocycles. The first-order valence-electron chi connectivity index (χ1n) is 7.62. The van der Waals surface area contributed by atoms with E-state index in [0.29, 0.717) is 12.3 Å². The van der Waals surface area contributed by atoms with Gasteiger partial charge in [-0.3, -0.25) is 0 Å². The molecule has 0 atom stereocenters. The van der Waals surface area contributed by atoms with Crippen molar-refractivity contribution >= 4 is 5.97 Å². The van der Waals surface area contributed by atoms with E-state index >= 15 is 0 Å². The topological polar surface area (TPSA) is 40.5 Å². The molecule has 0 aliphatic carbocycles. The summed E-state index contributed by atoms with van der Waals surface area (Å²) in [4.78, 5) is 12.3. The average molecular weight is 299 g/mol. The number of ether oxygens (including phenoxy) is 2. The fourth-order valence-electron chi connectivity index (χ4n) is 3.27. The number of hydrogen-bond donors (Lipinski definition) is 0. The Morgan fingerprint density at radius 3 is 2.73 bits per heavy atom. The van der Waals surface area contributed by atoms with E-state index in [4.69, 9.17) is 9.47 Å². The number of esters is 1. The maximum atomic E-state index is 12.3. The lowest BCUT2D eigenvalue weighted by molar-refractivity contribution is 0.0513. The summed E-state index contributed by atoms with van der Waals surface area (Å²) in [6.07, 6.45) is 0.888. The lowest BCUT2D eigenvalue weighted by Gasteiger charge is -2.22. The predicted molar refractivity (Wildman–Crippen MR) is 85.6 cm³/mol. The van der Waals surface area contributed by atoms with Crippen molar-refractivity contribution in [3.8, 4) is 17.0 Å². The number of hydrogen-bond acceptors (Lipinski definition) is 3. The first-order chi connectivity index (χ1) is 10.6. The second-order valence-corrected chi connectivity index (χ2v) is 5.59. The van der Waals surface area contributed by atoms with Gasteiger partial charge in [0.2, 0.25) is 0 Å². The third-order valence-corrected chi connectivity index (χ3v) is 4.45. The minimum absolute atomic E-state index is 0.230. The molecule has 2 aromatic rings. The minimum atomic E-state index is -0.230. The fourth-order valence-corrected chi connectivity index (χ4v) is 3.27. The van der Waals surface area contributed by atoms with Crippen molar-refractivity contribution in [1.82, 2.24) is 4.57 Å². The molecule has 116 valence electrons. The zero-order valence-electron chi connectivity index (χ0n) is 13.5. The average Bonchev–Trinajstić information content (AvgIpc) is 2.78. The Morgan fingerprint density at radius 2 is 2.05 bits per heavy atom. The first-order valence-corrected chi connectivity index (χ1v) is 7.62. The van der Waals surface area contributed by atoms with Gasteiger partial charge in [0.1, 0.15) is 11.4 Å². The lowest BCUT2D eigenvalue weighted by Crippen LogP contribution is -2.18. The van der Waals surface area contributed by atoms with Gasteiger partial charge in [-0.25, -0.2) is 4.79 Å². The molecule has 0 fully saturated rings. The van der Waals surface area contributed by atoms with Crippen LogP contribution in [0.1, 0.15) is 34.1 Å². The molecule has 2 heterocycles. The van der Waals surface area contributed by atoms with Crippen molar-refractivity contribution in [2.75, 3.05) is 13.7 Å². The largest absolute Gasteiger partial charge is 0.497 e. The van der Waals surface area contributed by atoms with E-state index in [-0.39, 0.29) is 5.97 Å². The van der Waals surface area contributed by atoms with Gasteiger partial charge in [-0.05, 0) is 62.1 Å². The smallest absolute Gasteiger partial charge is 0.355 e. The molecule has 0 amide bonds. The molecular weight excluding hydrogens is 278 g/mol. The Hall–Kier alpha value is -2.23. The van der Waals surface area contributed by atoms with E-state index in [2.05, 4.69) is 23.6 Å². The lowest BCUT2D eigenvalue weighted by atomic mass is 9.96. The van der Waals surface area contributed by atoms with Gasteiger partial charge < -0.3 is 14.0 Å². The van der Waals surface area contributed by atoms with Gasteiger partial charge in [-0.15, -0.1) is 0 Å². The van der Waals surface area contributed by atoms with E-state index in [9.17, 15) is 4.79 Å². The Morgan fingerprint density at radius 1 is 1.27 bits per heavy atom. The summed E-state index contributed by atoms with van der Waals surface area (Å²) in [6, 6.07) is 6.14. The molecule has 0 radical (unpaired) electrons. The highest BCUT2D eigenvalue weighted by Gasteiger charge is 2.28. The van der Waals surface area contributed by atoms with E-state index in [1.807, 2.05) is 19.9 Å². The summed E-state index contributed by atoms with van der Waals surface area (Å²) < 4.78 is 12.7. The van der Waals surface area contributed by atoms with Crippen LogP contribution in [0.2, 0.25) is 0 Å². The molecule has 1 aliphatic heterocycles. The van der Waals surface area contributed by atoms with Crippen molar-refractivity contribution in [3.63, 3.8) is 0 Å². The Balaban J connectivity index is 2.18. The molecule has 3 rings (SSSR count). The van der Waals surface area contributed by atoms with Crippen LogP contribution in [0, 0.1) is 13.8 Å². The standard InChI is InChI=1S/C18H21NO3/c1-5-22-18(20)17-12(3)11(2)16-15-7-6-14(21-4)10-13(15)8-9-19(16)17/h6-7,10H,5,8-9H2,1-4H3. The van der Waals surface area contributed by atoms with Crippen LogP contribution in [0.25, 0.3) is 11.3 Å². The van der Waals surface area contributed by atoms with E-state index in [1.165, 1.54) is 11.1 Å². The van der Waals surface area contributed by atoms with Crippen LogP contribution in [-0.2, 0) is 17.7 Å². The molecule has 0 saturated heterocycles. The zero-order valence-corrected chi connectivity index (χ0v) is 13.5. The Labute approximate surface area is 130 Å². The summed E-state index contributed by atoms with van der Waals surface area (Å²) in [6.45, 7) is 7.09. The zero-order chi connectivity index (χ0) is 15.9. The number of carbonyl (C=O) groups is 1. The molecule has 0 spiro atoms. The Kier molecular flexibility index (Phi) is 3.69. The highest BCUT2D eigenvalue weighted by molar-refractivity contribution is 5.92. The van der Waals surface area contributed by atoms with Crippen LogP contribution in [0.5, 0.6) is 5.75 Å². The number of carbonyl (C=O) groups excluding carboxylic acids is 1. The second kappa shape index (κ2) is 5.52. The first kappa shape index (κ1) is 14.7. The van der Waals surface area contributed by atoms with Crippen LogP contribution >= 0.6 is 0 Å². The molecule has 1 aromatic carbocycles. The van der Waals surface area contributed by atoms with Crippen LogP contribution in [0.3, 0.4) is 0 Å². The van der Waals surface area contributed by atoms with Crippen molar-refractivity contribution in [2.45, 2.75) is 33.7 Å². The number of methoxy groups -OCH3 is 1. The molecule has 0 unspecified atom stereocenters. The normalized spacial score (nSPS) is 12.5. The van der Waals surface area contributed by atoms with Gasteiger partial charge in [0.25, 0.3) is 0 Å². The fraction of sp³-hybridized carbons (Fsp3) is 0.389. The van der Waals surface area contributed by atoms with E-state index < -0.39 is 0 Å². The summed E-state index contributed by atoms with van der Waals surface area (Å²) in [7, 11) is 1.68. The van der Waals surface area contributed by atoms with Crippen LogP contribution < -0.4 is 4.74 Å². The van der Waals surface area contributed by atoms with Crippen LogP contribution in [0.15, 0.2) is 18.2 Å². The van der Waals surface area contributed by atoms with Crippen LogP contribution in [-0.4, -0.2) is 24.3 Å². The number of benzene rings is 1. The molecule has 0 bridgehead atoms. The number of nitrogens with zero attached hydrogens (tertiary/aromatic N) is 1. The van der Waals surface area contributed by atoms with E-state index in [1.54, 1.807) is 7.11 Å². The maximum Gasteiger partial charge on any atom is 0.355 e. The van der Waals surface area contributed by atoms with Gasteiger partial charge >= 0.3 is 5.97 Å². The van der Waals surface area contributed by atoms with E-state index in [0.717, 1.165) is 35.5 Å². The highest BCUT2D eigenvalue weighted by atomic mass is 16.5. The quantitative estimate of drug-likeness (QED) is 0.814. The molecule has 0 saturated carbocycles. The number of aryl methyl sites for hydroxylation is 1. The molecule has 4 nitrogen and oxygen atoms in total. The molecule has 1 aliphatic rings. The third kappa shape index (κ3) is 2.10. The molecular formula is C18H21NO3. The summed E-state index contributed by atoms with van der Waals surface area (Å²) in [5.74, 6) is 0.644. The molecule has 0 N–H and O–H groups in total. The van der Waals surface area contributed by atoms with Crippen molar-refractivity contribution in [3.05, 3.63) is 40.6 Å².